The van der Waals surface area contributed by atoms with Crippen LogP contribution in [0, 0.1) is 4.91 Å². The molecule has 2 N–H and O–H groups in total. The lowest BCUT2D eigenvalue weighted by molar-refractivity contribution is -0.433. The summed E-state index contributed by atoms with van der Waals surface area (Å²) in [4.78, 5) is 23.9. The van der Waals surface area contributed by atoms with Crippen LogP contribution in [0.25, 0.3) is 22.2 Å². The van der Waals surface area contributed by atoms with Crippen molar-refractivity contribution in [1.29, 1.82) is 0 Å². The molecule has 1 heterocycles. The number of benzene rings is 2. The van der Waals surface area contributed by atoms with Crippen molar-refractivity contribution in [3.8, 4) is 11.5 Å². The van der Waals surface area contributed by atoms with Gasteiger partial charge in [-0.2, -0.15) is 0 Å². The minimum Gasteiger partial charge on any atom is -0.508 e. The number of carbonyl (C=O) groups excluding carboxylic acids is 1. The first-order chi connectivity index (χ1) is 11.4. The minimum atomic E-state index is -0.417. The van der Waals surface area contributed by atoms with Crippen LogP contribution in [-0.2, 0) is 16.0 Å². The van der Waals surface area contributed by atoms with Gasteiger partial charge in [-0.1, -0.05) is 0 Å². The zero-order valence-electron chi connectivity index (χ0n) is 12.6. The van der Waals surface area contributed by atoms with Gasteiger partial charge in [-0.25, -0.2) is 0 Å². The van der Waals surface area contributed by atoms with Crippen molar-refractivity contribution in [2.24, 2.45) is 0 Å². The first-order valence-electron chi connectivity index (χ1n) is 7.01. The van der Waals surface area contributed by atoms with E-state index < -0.39 is 5.97 Å². The molecule has 0 unspecified atom stereocenters. The van der Waals surface area contributed by atoms with Crippen LogP contribution in [0.3, 0.4) is 0 Å². The number of aryl methyl sites for hydroxylation is 1. The molecule has 0 aliphatic rings. The van der Waals surface area contributed by atoms with Crippen molar-refractivity contribution in [1.82, 2.24) is 0 Å². The molecule has 0 radical (unpaired) electrons. The number of fused-ring (bicyclic) bond motifs is 2. The average Bonchev–Trinajstić information content (AvgIpc) is 2.57. The topological polar surface area (TPSA) is 103 Å². The van der Waals surface area contributed by atoms with Crippen molar-refractivity contribution < 1.29 is 28.6 Å². The molecule has 2 aromatic carbocycles. The van der Waals surface area contributed by atoms with Crippen LogP contribution < -0.4 is 4.43 Å². The zero-order chi connectivity index (χ0) is 17.4. The van der Waals surface area contributed by atoms with Gasteiger partial charge in [0.05, 0.1) is 11.5 Å². The number of phenolic OH excluding ortho intramolecular Hbond substituents is 2. The summed E-state index contributed by atoms with van der Waals surface area (Å²) in [6, 6.07) is 5.61. The fourth-order valence-corrected chi connectivity index (χ4v) is 2.97. The standard InChI is InChI=1S/C16H12BrNO6/c1-23-13(20)5-2-8-6-11-16(14(17)15(8)21)24-12-7-9(19)3-4-10(12)18(11)22/h3-4,6-7H,2,5H2,1H3,(H-,19,21,22)/p+1. The van der Waals surface area contributed by atoms with E-state index in [9.17, 15) is 19.9 Å². The monoisotopic (exact) mass is 394 g/mol. The number of hydrogen-bond acceptors (Lipinski definition) is 6. The predicted octanol–water partition coefficient (Wildman–Crippen LogP) is 2.78. The van der Waals surface area contributed by atoms with Gasteiger partial charge < -0.3 is 19.4 Å². The molecule has 0 aliphatic heterocycles. The van der Waals surface area contributed by atoms with E-state index in [0.29, 0.717) is 9.99 Å². The number of halogens is 1. The quantitative estimate of drug-likeness (QED) is 0.402. The smallest absolute Gasteiger partial charge is 0.307 e. The van der Waals surface area contributed by atoms with Gasteiger partial charge in [0.2, 0.25) is 11.2 Å². The Morgan fingerprint density at radius 1 is 1.29 bits per heavy atom. The molecule has 8 heteroatoms. The fourth-order valence-electron chi connectivity index (χ4n) is 2.43. The highest BCUT2D eigenvalue weighted by Gasteiger charge is 2.23. The van der Waals surface area contributed by atoms with Gasteiger partial charge in [0.25, 0.3) is 0 Å². The fraction of sp³-hybridized carbons (Fsp3) is 0.188. The maximum atomic E-state index is 12.6. The van der Waals surface area contributed by atoms with Crippen LogP contribution >= 0.6 is 15.9 Å². The molecule has 0 saturated carbocycles. The molecule has 124 valence electrons. The Morgan fingerprint density at radius 3 is 2.75 bits per heavy atom. The Hall–Kier alpha value is -2.61. The third-order valence-corrected chi connectivity index (χ3v) is 4.41. The molecule has 3 aromatic rings. The first-order valence-corrected chi connectivity index (χ1v) is 7.81. The van der Waals surface area contributed by atoms with E-state index in [1.165, 1.54) is 31.4 Å². The molecular weight excluding hydrogens is 382 g/mol. The van der Waals surface area contributed by atoms with Crippen LogP contribution in [0.5, 0.6) is 11.5 Å². The molecule has 1 aromatic heterocycles. The Morgan fingerprint density at radius 2 is 2.04 bits per heavy atom. The van der Waals surface area contributed by atoms with Crippen LogP contribution in [0.4, 0.5) is 0 Å². The third-order valence-electron chi connectivity index (χ3n) is 3.67. The molecule has 0 amide bonds. The summed E-state index contributed by atoms with van der Waals surface area (Å²) < 4.78 is 11.1. The van der Waals surface area contributed by atoms with Crippen molar-refractivity contribution in [3.05, 3.63) is 39.2 Å². The van der Waals surface area contributed by atoms with Gasteiger partial charge in [0.15, 0.2) is 0 Å². The molecule has 7 nitrogen and oxygen atoms in total. The lowest BCUT2D eigenvalue weighted by Gasteiger charge is -2.06. The summed E-state index contributed by atoms with van der Waals surface area (Å²) in [7, 11) is 1.28. The summed E-state index contributed by atoms with van der Waals surface area (Å²) in [5.41, 5.74) is 1.16. The Kier molecular flexibility index (Phi) is 4.15. The van der Waals surface area contributed by atoms with Crippen LogP contribution in [0.1, 0.15) is 12.0 Å². The van der Waals surface area contributed by atoms with Gasteiger partial charge in [0.1, 0.15) is 16.0 Å². The molecule has 0 aliphatic carbocycles. The third kappa shape index (κ3) is 2.69. The summed E-state index contributed by atoms with van der Waals surface area (Å²) >= 11 is 3.22. The van der Waals surface area contributed by atoms with Gasteiger partial charge in [-0.15, -0.1) is 0 Å². The molecule has 0 saturated heterocycles. The van der Waals surface area contributed by atoms with Gasteiger partial charge >= 0.3 is 17.0 Å². The molecule has 0 atom stereocenters. The van der Waals surface area contributed by atoms with Crippen LogP contribution in [0.15, 0.2) is 33.2 Å². The second kappa shape index (κ2) is 6.12. The zero-order valence-corrected chi connectivity index (χ0v) is 14.2. The maximum Gasteiger partial charge on any atom is 0.307 e. The number of nitrogens with zero attached hydrogens (tertiary/aromatic N) is 1. The van der Waals surface area contributed by atoms with Crippen LogP contribution in [0.2, 0.25) is 0 Å². The van der Waals surface area contributed by atoms with E-state index in [1.54, 1.807) is 0 Å². The van der Waals surface area contributed by atoms with Crippen molar-refractivity contribution >= 4 is 44.1 Å². The lowest BCUT2D eigenvalue weighted by Crippen LogP contribution is -2.16. The highest BCUT2D eigenvalue weighted by atomic mass is 79.9. The Bertz CT molecular complexity index is 1030. The first kappa shape index (κ1) is 16.3. The predicted molar refractivity (Wildman–Crippen MR) is 88.5 cm³/mol. The van der Waals surface area contributed by atoms with Gasteiger partial charge in [-0.05, 0) is 28.4 Å². The maximum absolute atomic E-state index is 12.6. The molecule has 24 heavy (non-hydrogen) atoms. The highest BCUT2D eigenvalue weighted by molar-refractivity contribution is 9.10. The molecule has 0 bridgehead atoms. The average molecular weight is 395 g/mol. The Balaban J connectivity index is 2.25. The second-order valence-corrected chi connectivity index (χ2v) is 5.96. The number of ether oxygens (including phenoxy) is 1. The number of rotatable bonds is 3. The number of methoxy groups -OCH3 is 1. The Labute approximate surface area is 143 Å². The largest absolute Gasteiger partial charge is 0.508 e. The molecule has 0 fully saturated rings. The summed E-state index contributed by atoms with van der Waals surface area (Å²) in [6.45, 7) is 0. The van der Waals surface area contributed by atoms with Gasteiger partial charge in [0, 0.05) is 35.1 Å². The second-order valence-electron chi connectivity index (χ2n) is 5.17. The molecule has 0 spiro atoms. The number of aromatic nitrogens is 1. The van der Waals surface area contributed by atoms with E-state index in [-0.39, 0.29) is 51.0 Å². The van der Waals surface area contributed by atoms with Crippen molar-refractivity contribution in [3.63, 3.8) is 0 Å². The lowest BCUT2D eigenvalue weighted by atomic mass is 10.1. The highest BCUT2D eigenvalue weighted by Crippen LogP contribution is 2.36. The molecule has 3 rings (SSSR count). The van der Waals surface area contributed by atoms with E-state index in [4.69, 9.17) is 4.42 Å². The number of phenols is 2. The van der Waals surface area contributed by atoms with E-state index in [1.807, 2.05) is 0 Å². The minimum absolute atomic E-state index is 0.0411. The summed E-state index contributed by atoms with van der Waals surface area (Å²) in [6.07, 6.45) is 0.278. The van der Waals surface area contributed by atoms with E-state index in [0.717, 1.165) is 0 Å². The summed E-state index contributed by atoms with van der Waals surface area (Å²) in [5.74, 6) is -0.574. The van der Waals surface area contributed by atoms with Gasteiger partial charge in [-0.3, -0.25) is 4.79 Å². The normalized spacial score (nSPS) is 11.1. The molecular formula is C16H13BrNO6+. The number of esters is 1. The van der Waals surface area contributed by atoms with Crippen LogP contribution in [-0.4, -0.2) is 23.3 Å². The van der Waals surface area contributed by atoms with Crippen molar-refractivity contribution in [2.45, 2.75) is 12.8 Å². The number of hydrogen-bond donors (Lipinski definition) is 2. The van der Waals surface area contributed by atoms with E-state index >= 15 is 0 Å². The number of aromatic hydroxyl groups is 2. The SMILES string of the molecule is COC(=O)CCc1cc2c(oc3cc(O)ccc3[n+]2=O)c(Br)c1O. The number of carbonyl (C=O) groups is 1. The van der Waals surface area contributed by atoms with E-state index in [2.05, 4.69) is 20.7 Å². The van der Waals surface area contributed by atoms with Crippen molar-refractivity contribution in [2.75, 3.05) is 7.11 Å². The summed E-state index contributed by atoms with van der Waals surface area (Å²) in [5, 5.41) is 19.8.